The van der Waals surface area contributed by atoms with Crippen LogP contribution < -0.4 is 0 Å². The van der Waals surface area contributed by atoms with Crippen molar-refractivity contribution in [1.82, 2.24) is 0 Å². The van der Waals surface area contributed by atoms with Crippen LogP contribution in [0.25, 0.3) is 0 Å². The van der Waals surface area contributed by atoms with Crippen molar-refractivity contribution in [2.45, 2.75) is 122 Å². The van der Waals surface area contributed by atoms with E-state index in [-0.39, 0.29) is 0 Å². The third-order valence-corrected chi connectivity index (χ3v) is 8.33. The van der Waals surface area contributed by atoms with Gasteiger partial charge in [0.1, 0.15) is 0 Å². The lowest BCUT2D eigenvalue weighted by molar-refractivity contribution is 0.304. The Labute approximate surface area is 172 Å². The molecule has 156 valence electrons. The minimum absolute atomic E-state index is 0.838. The average Bonchev–Trinajstić information content (AvgIpc) is 2.70. The molecule has 0 amide bonds. The van der Waals surface area contributed by atoms with Crippen LogP contribution in [0.2, 0.25) is 12.1 Å². The summed E-state index contributed by atoms with van der Waals surface area (Å²) in [4.78, 5) is 0. The minimum Gasteiger partial charge on any atom is -0.416 e. The van der Waals surface area contributed by atoms with E-state index in [1.807, 2.05) is 0 Å². The molecule has 0 saturated carbocycles. The highest BCUT2D eigenvalue weighted by molar-refractivity contribution is 6.51. The molecule has 2 heteroatoms. The van der Waals surface area contributed by atoms with Crippen molar-refractivity contribution in [3.8, 4) is 0 Å². The van der Waals surface area contributed by atoms with Crippen molar-refractivity contribution in [3.05, 3.63) is 35.9 Å². The molecule has 0 aliphatic rings. The first-order valence-electron chi connectivity index (χ1n) is 12.0. The van der Waals surface area contributed by atoms with Gasteiger partial charge in [-0.05, 0) is 17.7 Å². The van der Waals surface area contributed by atoms with Gasteiger partial charge >= 0.3 is 0 Å². The molecule has 0 aromatic heterocycles. The Balaban J connectivity index is 2.19. The molecule has 0 N–H and O–H groups in total. The molecule has 1 rings (SSSR count). The second-order valence-electron chi connectivity index (χ2n) is 8.24. The Morgan fingerprint density at radius 2 is 1.04 bits per heavy atom. The quantitative estimate of drug-likeness (QED) is 0.170. The van der Waals surface area contributed by atoms with E-state index in [1.54, 1.807) is 0 Å². The van der Waals surface area contributed by atoms with Crippen molar-refractivity contribution in [2.75, 3.05) is 0 Å². The zero-order chi connectivity index (χ0) is 19.4. The Morgan fingerprint density at radius 1 is 0.593 bits per heavy atom. The van der Waals surface area contributed by atoms with E-state index in [9.17, 15) is 0 Å². The number of rotatable bonds is 19. The summed E-state index contributed by atoms with van der Waals surface area (Å²) in [7, 11) is -1.03. The summed E-state index contributed by atoms with van der Waals surface area (Å²) in [6.07, 6.45) is 19.7. The normalized spacial score (nSPS) is 12.4. The number of hydrogen-bond donors (Lipinski definition) is 0. The van der Waals surface area contributed by atoms with Crippen LogP contribution in [0.1, 0.15) is 109 Å². The summed E-state index contributed by atoms with van der Waals surface area (Å²) in [5.74, 6) is 0. The molecule has 1 atom stereocenters. The van der Waals surface area contributed by atoms with Crippen LogP contribution in [0, 0.1) is 0 Å². The third kappa shape index (κ3) is 15.0. The molecule has 0 heterocycles. The highest BCUT2D eigenvalue weighted by atomic mass is 28.3. The first-order valence-corrected chi connectivity index (χ1v) is 14.1. The maximum Gasteiger partial charge on any atom is 0.177 e. The third-order valence-electron chi connectivity index (χ3n) is 5.59. The Kier molecular flexibility index (Phi) is 17.0. The van der Waals surface area contributed by atoms with E-state index in [1.165, 1.54) is 108 Å². The second kappa shape index (κ2) is 18.7. The van der Waals surface area contributed by atoms with Gasteiger partial charge in [-0.1, -0.05) is 134 Å². The number of unbranched alkanes of at least 4 members (excludes halogenated alkanes) is 12. The lowest BCUT2D eigenvalue weighted by atomic mass is 10.1. The van der Waals surface area contributed by atoms with Gasteiger partial charge in [0.15, 0.2) is 9.04 Å². The zero-order valence-electron chi connectivity index (χ0n) is 18.4. The minimum atomic E-state index is -1.03. The van der Waals surface area contributed by atoms with Crippen LogP contribution in [0.5, 0.6) is 0 Å². The van der Waals surface area contributed by atoms with Gasteiger partial charge < -0.3 is 4.43 Å². The number of benzene rings is 1. The highest BCUT2D eigenvalue weighted by Crippen LogP contribution is 2.17. The molecule has 1 nitrogen and oxygen atoms in total. The van der Waals surface area contributed by atoms with Gasteiger partial charge in [-0.2, -0.15) is 0 Å². The van der Waals surface area contributed by atoms with E-state index in [2.05, 4.69) is 44.2 Å². The summed E-state index contributed by atoms with van der Waals surface area (Å²) in [5.41, 5.74) is 1.34. The molecular formula is C25H46OSi. The SMILES string of the molecule is CCCCCCCCCC[SiH](CCCCCCCC)OCc1ccccc1. The summed E-state index contributed by atoms with van der Waals surface area (Å²) in [6, 6.07) is 13.5. The van der Waals surface area contributed by atoms with Crippen LogP contribution in [0.3, 0.4) is 0 Å². The van der Waals surface area contributed by atoms with Crippen LogP contribution in [0.15, 0.2) is 30.3 Å². The second-order valence-corrected chi connectivity index (χ2v) is 11.0. The number of hydrogen-bond acceptors (Lipinski definition) is 1. The molecule has 27 heavy (non-hydrogen) atoms. The molecule has 0 spiro atoms. The maximum atomic E-state index is 6.45. The van der Waals surface area contributed by atoms with E-state index < -0.39 is 9.04 Å². The van der Waals surface area contributed by atoms with Gasteiger partial charge in [-0.15, -0.1) is 0 Å². The van der Waals surface area contributed by atoms with E-state index in [0.717, 1.165) is 6.61 Å². The maximum absolute atomic E-state index is 6.45. The van der Waals surface area contributed by atoms with Gasteiger partial charge in [0.2, 0.25) is 0 Å². The Hall–Kier alpha value is -0.603. The molecule has 0 radical (unpaired) electrons. The average molecular weight is 391 g/mol. The molecule has 1 unspecified atom stereocenters. The molecule has 0 bridgehead atoms. The molecule has 0 aliphatic carbocycles. The topological polar surface area (TPSA) is 9.23 Å². The van der Waals surface area contributed by atoms with Crippen molar-refractivity contribution >= 4 is 9.04 Å². The van der Waals surface area contributed by atoms with E-state index in [4.69, 9.17) is 4.43 Å². The molecule has 1 aromatic rings. The van der Waals surface area contributed by atoms with Gasteiger partial charge in [0.05, 0.1) is 6.61 Å². The predicted octanol–water partition coefficient (Wildman–Crippen LogP) is 8.43. The fraction of sp³-hybridized carbons (Fsp3) is 0.760. The molecule has 0 saturated heterocycles. The predicted molar refractivity (Wildman–Crippen MR) is 124 cm³/mol. The standard InChI is InChI=1S/C25H46OSi/c1-3-5-7-9-11-12-14-19-23-27(22-18-13-10-8-6-4-2)26-24-25-20-16-15-17-21-25/h15-17,20-21,27H,3-14,18-19,22-24H2,1-2H3. The van der Waals surface area contributed by atoms with Crippen LogP contribution >= 0.6 is 0 Å². The summed E-state index contributed by atoms with van der Waals surface area (Å²) in [5, 5.41) is 0. The summed E-state index contributed by atoms with van der Waals surface area (Å²) >= 11 is 0. The fourth-order valence-electron chi connectivity index (χ4n) is 3.76. The molecule has 0 aliphatic heterocycles. The van der Waals surface area contributed by atoms with Crippen molar-refractivity contribution in [3.63, 3.8) is 0 Å². The first-order chi connectivity index (χ1) is 13.4. The smallest absolute Gasteiger partial charge is 0.177 e. The lowest BCUT2D eigenvalue weighted by Gasteiger charge is -2.17. The van der Waals surface area contributed by atoms with Crippen molar-refractivity contribution in [2.24, 2.45) is 0 Å². The van der Waals surface area contributed by atoms with Gasteiger partial charge in [0.25, 0.3) is 0 Å². The van der Waals surface area contributed by atoms with Crippen LogP contribution in [0.4, 0.5) is 0 Å². The lowest BCUT2D eigenvalue weighted by Crippen LogP contribution is -2.17. The van der Waals surface area contributed by atoms with Crippen LogP contribution in [-0.2, 0) is 11.0 Å². The first kappa shape index (κ1) is 24.4. The Morgan fingerprint density at radius 3 is 1.52 bits per heavy atom. The molecular weight excluding hydrogens is 344 g/mol. The Bertz CT molecular complexity index is 406. The molecule has 1 aromatic carbocycles. The van der Waals surface area contributed by atoms with Crippen LogP contribution in [-0.4, -0.2) is 9.04 Å². The monoisotopic (exact) mass is 390 g/mol. The fourth-order valence-corrected chi connectivity index (χ4v) is 6.30. The van der Waals surface area contributed by atoms with Crippen molar-refractivity contribution in [1.29, 1.82) is 0 Å². The zero-order valence-corrected chi connectivity index (χ0v) is 19.5. The summed E-state index contributed by atoms with van der Waals surface area (Å²) in [6.45, 7) is 5.43. The molecule has 0 fully saturated rings. The summed E-state index contributed by atoms with van der Waals surface area (Å²) < 4.78 is 6.45. The van der Waals surface area contributed by atoms with Gasteiger partial charge in [0, 0.05) is 0 Å². The highest BCUT2D eigenvalue weighted by Gasteiger charge is 2.12. The van der Waals surface area contributed by atoms with E-state index >= 15 is 0 Å². The van der Waals surface area contributed by atoms with Gasteiger partial charge in [-0.25, -0.2) is 0 Å². The van der Waals surface area contributed by atoms with E-state index in [0.29, 0.717) is 0 Å². The van der Waals surface area contributed by atoms with Gasteiger partial charge in [-0.3, -0.25) is 0 Å². The van der Waals surface area contributed by atoms with Crippen molar-refractivity contribution < 1.29 is 4.43 Å². The largest absolute Gasteiger partial charge is 0.416 e.